The molecule has 1 aromatic rings. The van der Waals surface area contributed by atoms with Crippen molar-refractivity contribution in [1.82, 2.24) is 0 Å². The Morgan fingerprint density at radius 3 is 1.65 bits per heavy atom. The van der Waals surface area contributed by atoms with Crippen LogP contribution in [0.5, 0.6) is 0 Å². The Balaban J connectivity index is 3.56. The molecule has 0 heterocycles. The zero-order valence-electron chi connectivity index (χ0n) is 8.32. The molecule has 7 heteroatoms. The van der Waals surface area contributed by atoms with Crippen LogP contribution in [0.1, 0.15) is 12.5 Å². The molecule has 0 bridgehead atoms. The van der Waals surface area contributed by atoms with Crippen LogP contribution in [0, 0.1) is 29.1 Å². The van der Waals surface area contributed by atoms with Crippen LogP contribution >= 0.6 is 0 Å². The number of hydrogen-bond acceptors (Lipinski definition) is 1. The number of carbonyl (C=O) groups is 1. The van der Waals surface area contributed by atoms with Crippen LogP contribution in [-0.2, 0) is 4.79 Å². The third-order valence-corrected chi connectivity index (χ3v) is 1.94. The van der Waals surface area contributed by atoms with Gasteiger partial charge in [0.05, 0.1) is 5.56 Å². The van der Waals surface area contributed by atoms with Crippen LogP contribution in [0.3, 0.4) is 0 Å². The van der Waals surface area contributed by atoms with E-state index in [1.165, 1.54) is 0 Å². The summed E-state index contributed by atoms with van der Waals surface area (Å²) in [5.74, 6) is -12.2. The minimum atomic E-state index is -2.29. The molecule has 1 N–H and O–H groups in total. The van der Waals surface area contributed by atoms with Crippen molar-refractivity contribution in [3.8, 4) is 0 Å². The molecular weight excluding hydrogens is 247 g/mol. The summed E-state index contributed by atoms with van der Waals surface area (Å²) in [6, 6.07) is 0. The normalized spacial score (nSPS) is 11.8. The van der Waals surface area contributed by atoms with E-state index >= 15 is 0 Å². The van der Waals surface area contributed by atoms with Gasteiger partial charge in [-0.2, -0.15) is 0 Å². The second-order valence-electron chi connectivity index (χ2n) is 3.12. The summed E-state index contributed by atoms with van der Waals surface area (Å²) >= 11 is 0. The van der Waals surface area contributed by atoms with Crippen molar-refractivity contribution in [3.05, 3.63) is 40.2 Å². The predicted octanol–water partition coefficient (Wildman–Crippen LogP) is 2.87. The second-order valence-corrected chi connectivity index (χ2v) is 3.12. The monoisotopic (exact) mass is 252 g/mol. The molecular formula is C10H5F5O2. The third-order valence-electron chi connectivity index (χ3n) is 1.94. The van der Waals surface area contributed by atoms with Crippen LogP contribution in [-0.4, -0.2) is 11.1 Å². The summed E-state index contributed by atoms with van der Waals surface area (Å²) in [5, 5.41) is 8.44. The van der Waals surface area contributed by atoms with Crippen LogP contribution in [0.2, 0.25) is 0 Å². The average Bonchev–Trinajstić information content (AvgIpc) is 2.29. The highest BCUT2D eigenvalue weighted by Gasteiger charge is 2.24. The van der Waals surface area contributed by atoms with E-state index in [-0.39, 0.29) is 0 Å². The standard InChI is InChI=1S/C10H5F5O2/c1-3(10(16)17)2-4-5(11)7(13)9(15)8(14)6(4)12/h2H,1H3,(H,16,17)/b3-2+. The number of rotatable bonds is 2. The highest BCUT2D eigenvalue weighted by Crippen LogP contribution is 2.24. The first-order chi connectivity index (χ1) is 7.77. The fourth-order valence-corrected chi connectivity index (χ4v) is 1.03. The molecule has 0 amide bonds. The van der Waals surface area contributed by atoms with E-state index in [2.05, 4.69) is 0 Å². The van der Waals surface area contributed by atoms with Gasteiger partial charge in [-0.1, -0.05) is 0 Å². The third kappa shape index (κ3) is 2.27. The topological polar surface area (TPSA) is 37.3 Å². The zero-order chi connectivity index (χ0) is 13.3. The molecule has 0 aromatic heterocycles. The van der Waals surface area contributed by atoms with Gasteiger partial charge in [-0.3, -0.25) is 0 Å². The Labute approximate surface area is 92.0 Å². The van der Waals surface area contributed by atoms with E-state index in [4.69, 9.17) is 5.11 Å². The van der Waals surface area contributed by atoms with E-state index in [1.807, 2.05) is 0 Å². The predicted molar refractivity (Wildman–Crippen MR) is 47.5 cm³/mol. The quantitative estimate of drug-likeness (QED) is 0.380. The van der Waals surface area contributed by atoms with Crippen molar-refractivity contribution >= 4 is 12.0 Å². The smallest absolute Gasteiger partial charge is 0.331 e. The first kappa shape index (κ1) is 13.1. The number of carboxylic acid groups (broad SMARTS) is 1. The molecule has 0 saturated heterocycles. The van der Waals surface area contributed by atoms with E-state index in [1.54, 1.807) is 0 Å². The Morgan fingerprint density at radius 2 is 1.29 bits per heavy atom. The SMILES string of the molecule is C/C(=C\c1c(F)c(F)c(F)c(F)c1F)C(=O)O. The number of carboxylic acids is 1. The Hall–Kier alpha value is -1.92. The van der Waals surface area contributed by atoms with Crippen molar-refractivity contribution in [1.29, 1.82) is 0 Å². The van der Waals surface area contributed by atoms with Crippen LogP contribution in [0.25, 0.3) is 6.08 Å². The Kier molecular flexibility index (Phi) is 3.50. The molecule has 0 spiro atoms. The maximum absolute atomic E-state index is 13.1. The first-order valence-electron chi connectivity index (χ1n) is 4.20. The van der Waals surface area contributed by atoms with Gasteiger partial charge in [0.15, 0.2) is 23.3 Å². The summed E-state index contributed by atoms with van der Waals surface area (Å²) in [5.41, 5.74) is -1.84. The Morgan fingerprint density at radius 1 is 0.941 bits per heavy atom. The second kappa shape index (κ2) is 4.52. The minimum absolute atomic E-state index is 0.374. The van der Waals surface area contributed by atoms with Crippen LogP contribution in [0.15, 0.2) is 5.57 Å². The molecule has 1 aromatic carbocycles. The Bertz CT molecular complexity index is 493. The van der Waals surface area contributed by atoms with E-state index in [9.17, 15) is 26.7 Å². The highest BCUT2D eigenvalue weighted by atomic mass is 19.2. The van der Waals surface area contributed by atoms with Gasteiger partial charge in [-0.25, -0.2) is 26.7 Å². The molecule has 0 aliphatic heterocycles. The number of benzene rings is 1. The lowest BCUT2D eigenvalue weighted by atomic mass is 10.1. The lowest BCUT2D eigenvalue weighted by Crippen LogP contribution is -2.05. The molecule has 92 valence electrons. The largest absolute Gasteiger partial charge is 0.478 e. The minimum Gasteiger partial charge on any atom is -0.478 e. The zero-order valence-corrected chi connectivity index (χ0v) is 8.32. The van der Waals surface area contributed by atoms with Gasteiger partial charge in [0.25, 0.3) is 0 Å². The van der Waals surface area contributed by atoms with Crippen molar-refractivity contribution in [2.45, 2.75) is 6.92 Å². The van der Waals surface area contributed by atoms with Gasteiger partial charge < -0.3 is 5.11 Å². The van der Waals surface area contributed by atoms with Gasteiger partial charge in [0.1, 0.15) is 0 Å². The van der Waals surface area contributed by atoms with E-state index in [0.29, 0.717) is 6.08 Å². The maximum atomic E-state index is 13.1. The molecule has 0 unspecified atom stereocenters. The molecule has 1 rings (SSSR count). The summed E-state index contributed by atoms with van der Waals surface area (Å²) < 4.78 is 64.2. The fraction of sp³-hybridized carbons (Fsp3) is 0.100. The van der Waals surface area contributed by atoms with E-state index < -0.39 is 46.2 Å². The fourth-order valence-electron chi connectivity index (χ4n) is 1.03. The summed E-state index contributed by atoms with van der Waals surface area (Å²) in [6.07, 6.45) is 0.374. The van der Waals surface area contributed by atoms with Crippen LogP contribution < -0.4 is 0 Å². The van der Waals surface area contributed by atoms with Gasteiger partial charge in [-0.05, 0) is 13.0 Å². The summed E-state index contributed by atoms with van der Waals surface area (Å²) in [6.45, 7) is 0.959. The molecule has 0 radical (unpaired) electrons. The molecule has 2 nitrogen and oxygen atoms in total. The van der Waals surface area contributed by atoms with Gasteiger partial charge in [-0.15, -0.1) is 0 Å². The van der Waals surface area contributed by atoms with Crippen molar-refractivity contribution in [3.63, 3.8) is 0 Å². The van der Waals surface area contributed by atoms with E-state index in [0.717, 1.165) is 6.92 Å². The van der Waals surface area contributed by atoms with Gasteiger partial charge >= 0.3 is 5.97 Å². The van der Waals surface area contributed by atoms with Crippen molar-refractivity contribution in [2.24, 2.45) is 0 Å². The first-order valence-corrected chi connectivity index (χ1v) is 4.20. The highest BCUT2D eigenvalue weighted by molar-refractivity contribution is 5.91. The van der Waals surface area contributed by atoms with Crippen molar-refractivity contribution < 1.29 is 31.9 Å². The lowest BCUT2D eigenvalue weighted by Gasteiger charge is -2.04. The molecule has 0 aliphatic rings. The number of aliphatic carboxylic acids is 1. The lowest BCUT2D eigenvalue weighted by molar-refractivity contribution is -0.132. The molecule has 0 fully saturated rings. The number of halogens is 5. The van der Waals surface area contributed by atoms with Gasteiger partial charge in [0, 0.05) is 5.57 Å². The average molecular weight is 252 g/mol. The van der Waals surface area contributed by atoms with Gasteiger partial charge in [0.2, 0.25) is 5.82 Å². The molecule has 0 atom stereocenters. The summed E-state index contributed by atoms with van der Waals surface area (Å²) in [7, 11) is 0. The summed E-state index contributed by atoms with van der Waals surface area (Å²) in [4.78, 5) is 10.4. The maximum Gasteiger partial charge on any atom is 0.331 e. The van der Waals surface area contributed by atoms with Crippen LogP contribution in [0.4, 0.5) is 22.0 Å². The molecule has 0 aliphatic carbocycles. The molecule has 17 heavy (non-hydrogen) atoms. The number of hydrogen-bond donors (Lipinski definition) is 1. The van der Waals surface area contributed by atoms with Crippen molar-refractivity contribution in [2.75, 3.05) is 0 Å². The molecule has 0 saturated carbocycles.